The van der Waals surface area contributed by atoms with Crippen LogP contribution in [0.5, 0.6) is 0 Å². The molecule has 5 heteroatoms. The van der Waals surface area contributed by atoms with Crippen LogP contribution in [0.1, 0.15) is 16.7 Å². The summed E-state index contributed by atoms with van der Waals surface area (Å²) in [5.41, 5.74) is 6.98. The molecule has 0 aliphatic carbocycles. The van der Waals surface area contributed by atoms with Gasteiger partial charge in [-0.05, 0) is 23.6 Å². The van der Waals surface area contributed by atoms with Crippen LogP contribution in [-0.2, 0) is 0 Å². The van der Waals surface area contributed by atoms with Crippen molar-refractivity contribution in [2.24, 2.45) is 5.73 Å². The van der Waals surface area contributed by atoms with Crippen LogP contribution in [-0.4, -0.2) is 14.6 Å². The molecule has 0 saturated heterocycles. The maximum absolute atomic E-state index is 6.16. The molecule has 0 aromatic carbocycles. The Labute approximate surface area is 96.4 Å². The molecule has 4 nitrogen and oxygen atoms in total. The van der Waals surface area contributed by atoms with Crippen LogP contribution in [0, 0.1) is 0 Å². The molecule has 0 aliphatic heterocycles. The Morgan fingerprint density at radius 2 is 2.12 bits per heavy atom. The molecule has 3 aromatic heterocycles. The molecule has 16 heavy (non-hydrogen) atoms. The van der Waals surface area contributed by atoms with Crippen molar-refractivity contribution >= 4 is 17.0 Å². The van der Waals surface area contributed by atoms with Gasteiger partial charge in [-0.2, -0.15) is 0 Å². The van der Waals surface area contributed by atoms with Crippen LogP contribution in [0.25, 0.3) is 5.65 Å². The number of fused-ring (bicyclic) bond motifs is 1. The Bertz CT molecular complexity index is 599. The minimum absolute atomic E-state index is 0.211. The first-order valence-corrected chi connectivity index (χ1v) is 5.83. The van der Waals surface area contributed by atoms with Gasteiger partial charge >= 0.3 is 0 Å². The number of hydrogen-bond donors (Lipinski definition) is 1. The first kappa shape index (κ1) is 9.50. The van der Waals surface area contributed by atoms with Crippen molar-refractivity contribution in [3.05, 3.63) is 52.6 Å². The van der Waals surface area contributed by atoms with Crippen molar-refractivity contribution in [2.45, 2.75) is 6.04 Å². The molecule has 0 aliphatic rings. The third-order valence-electron chi connectivity index (χ3n) is 2.47. The summed E-state index contributed by atoms with van der Waals surface area (Å²) in [6.45, 7) is 0. The standard InChI is InChI=1S/C11H10N4S/c12-10(8-4-3-7-16-8)11-14-13-9-5-1-2-6-15(9)11/h1-7,10H,12H2. The third-order valence-corrected chi connectivity index (χ3v) is 3.42. The van der Waals surface area contributed by atoms with E-state index in [2.05, 4.69) is 10.2 Å². The Morgan fingerprint density at radius 3 is 2.94 bits per heavy atom. The lowest BCUT2D eigenvalue weighted by Gasteiger charge is -2.06. The molecule has 3 rings (SSSR count). The van der Waals surface area contributed by atoms with E-state index in [1.165, 1.54) is 0 Å². The number of rotatable bonds is 2. The van der Waals surface area contributed by atoms with Gasteiger partial charge in [-0.25, -0.2) is 0 Å². The number of nitrogens with two attached hydrogens (primary N) is 1. The highest BCUT2D eigenvalue weighted by atomic mass is 32.1. The van der Waals surface area contributed by atoms with E-state index in [-0.39, 0.29) is 6.04 Å². The van der Waals surface area contributed by atoms with Crippen molar-refractivity contribution in [1.82, 2.24) is 14.6 Å². The van der Waals surface area contributed by atoms with Crippen LogP contribution in [0.4, 0.5) is 0 Å². The first-order valence-electron chi connectivity index (χ1n) is 4.95. The number of pyridine rings is 1. The molecule has 1 atom stereocenters. The predicted octanol–water partition coefficient (Wildman–Crippen LogP) is 1.84. The van der Waals surface area contributed by atoms with E-state index in [0.29, 0.717) is 0 Å². The van der Waals surface area contributed by atoms with E-state index in [1.54, 1.807) is 11.3 Å². The largest absolute Gasteiger partial charge is 0.317 e. The van der Waals surface area contributed by atoms with E-state index in [1.807, 2.05) is 46.3 Å². The van der Waals surface area contributed by atoms with Gasteiger partial charge in [-0.15, -0.1) is 21.5 Å². The van der Waals surface area contributed by atoms with E-state index in [9.17, 15) is 0 Å². The maximum Gasteiger partial charge on any atom is 0.160 e. The number of aromatic nitrogens is 3. The number of nitrogens with zero attached hydrogens (tertiary/aromatic N) is 3. The summed E-state index contributed by atoms with van der Waals surface area (Å²) in [6.07, 6.45) is 1.93. The Balaban J connectivity index is 2.12. The Morgan fingerprint density at radius 1 is 1.19 bits per heavy atom. The average Bonchev–Trinajstić information content (AvgIpc) is 2.98. The molecule has 2 N–H and O–H groups in total. The minimum atomic E-state index is -0.211. The van der Waals surface area contributed by atoms with Crippen molar-refractivity contribution in [1.29, 1.82) is 0 Å². The number of hydrogen-bond acceptors (Lipinski definition) is 4. The van der Waals surface area contributed by atoms with Gasteiger partial charge < -0.3 is 5.73 Å². The molecule has 80 valence electrons. The second-order valence-corrected chi connectivity index (χ2v) is 4.46. The summed E-state index contributed by atoms with van der Waals surface area (Å²) in [5, 5.41) is 10.2. The van der Waals surface area contributed by atoms with Crippen LogP contribution in [0.3, 0.4) is 0 Å². The van der Waals surface area contributed by atoms with E-state index >= 15 is 0 Å². The highest BCUT2D eigenvalue weighted by Crippen LogP contribution is 2.22. The highest BCUT2D eigenvalue weighted by Gasteiger charge is 2.16. The van der Waals surface area contributed by atoms with Gasteiger partial charge in [0.2, 0.25) is 0 Å². The van der Waals surface area contributed by atoms with Gasteiger partial charge in [-0.1, -0.05) is 12.1 Å². The van der Waals surface area contributed by atoms with E-state index < -0.39 is 0 Å². The van der Waals surface area contributed by atoms with Crippen molar-refractivity contribution in [2.75, 3.05) is 0 Å². The van der Waals surface area contributed by atoms with Gasteiger partial charge in [0.15, 0.2) is 11.5 Å². The summed E-state index contributed by atoms with van der Waals surface area (Å²) in [4.78, 5) is 1.10. The molecular weight excluding hydrogens is 220 g/mol. The lowest BCUT2D eigenvalue weighted by atomic mass is 10.2. The fraction of sp³-hybridized carbons (Fsp3) is 0.0909. The zero-order valence-electron chi connectivity index (χ0n) is 8.45. The maximum atomic E-state index is 6.16. The summed E-state index contributed by atoms with van der Waals surface area (Å²) in [7, 11) is 0. The van der Waals surface area contributed by atoms with Gasteiger partial charge in [0.05, 0.1) is 0 Å². The van der Waals surface area contributed by atoms with Crippen LogP contribution in [0.2, 0.25) is 0 Å². The van der Waals surface area contributed by atoms with Gasteiger partial charge in [0.25, 0.3) is 0 Å². The molecule has 0 bridgehead atoms. The van der Waals surface area contributed by atoms with Gasteiger partial charge in [0, 0.05) is 11.1 Å². The van der Waals surface area contributed by atoms with E-state index in [0.717, 1.165) is 16.3 Å². The van der Waals surface area contributed by atoms with Crippen LogP contribution >= 0.6 is 11.3 Å². The lowest BCUT2D eigenvalue weighted by molar-refractivity contribution is 0.779. The molecule has 3 heterocycles. The number of thiophene rings is 1. The molecule has 0 fully saturated rings. The van der Waals surface area contributed by atoms with Crippen molar-refractivity contribution in [3.63, 3.8) is 0 Å². The van der Waals surface area contributed by atoms with Crippen LogP contribution in [0.15, 0.2) is 41.9 Å². The minimum Gasteiger partial charge on any atom is -0.317 e. The molecule has 0 saturated carbocycles. The SMILES string of the molecule is NC(c1cccs1)c1nnc2ccccn12. The van der Waals surface area contributed by atoms with Gasteiger partial charge in [-0.3, -0.25) is 4.40 Å². The van der Waals surface area contributed by atoms with Crippen LogP contribution < -0.4 is 5.73 Å². The summed E-state index contributed by atoms with van der Waals surface area (Å²) < 4.78 is 1.92. The monoisotopic (exact) mass is 230 g/mol. The predicted molar refractivity (Wildman–Crippen MR) is 63.3 cm³/mol. The smallest absolute Gasteiger partial charge is 0.160 e. The normalized spacial score (nSPS) is 13.1. The zero-order valence-corrected chi connectivity index (χ0v) is 9.26. The van der Waals surface area contributed by atoms with Crippen molar-refractivity contribution < 1.29 is 0 Å². The topological polar surface area (TPSA) is 56.2 Å². The Hall–Kier alpha value is -1.72. The fourth-order valence-corrected chi connectivity index (χ4v) is 2.39. The van der Waals surface area contributed by atoms with Gasteiger partial charge in [0.1, 0.15) is 6.04 Å². The molecule has 3 aromatic rings. The summed E-state index contributed by atoms with van der Waals surface area (Å²) in [5.74, 6) is 0.776. The quantitative estimate of drug-likeness (QED) is 0.730. The second-order valence-electron chi connectivity index (χ2n) is 3.48. The summed E-state index contributed by atoms with van der Waals surface area (Å²) >= 11 is 1.63. The third kappa shape index (κ3) is 1.41. The second kappa shape index (κ2) is 3.70. The summed E-state index contributed by atoms with van der Waals surface area (Å²) in [6, 6.07) is 9.59. The Kier molecular flexibility index (Phi) is 2.19. The highest BCUT2D eigenvalue weighted by molar-refractivity contribution is 7.10. The molecular formula is C11H10N4S. The van der Waals surface area contributed by atoms with Crippen molar-refractivity contribution in [3.8, 4) is 0 Å². The first-order chi connectivity index (χ1) is 7.86. The lowest BCUT2D eigenvalue weighted by Crippen LogP contribution is -2.14. The molecule has 0 radical (unpaired) electrons. The zero-order chi connectivity index (χ0) is 11.0. The van der Waals surface area contributed by atoms with E-state index in [4.69, 9.17) is 5.73 Å². The molecule has 0 amide bonds. The average molecular weight is 230 g/mol. The molecule has 1 unspecified atom stereocenters. The molecule has 0 spiro atoms. The fourth-order valence-electron chi connectivity index (χ4n) is 1.67.